The number of thioether (sulfide) groups is 1. The summed E-state index contributed by atoms with van der Waals surface area (Å²) in [4.78, 5) is 11.5. The molecule has 108 valence electrons. The minimum absolute atomic E-state index is 0.461. The molecule has 0 aliphatic rings. The van der Waals surface area contributed by atoms with Crippen LogP contribution in [0, 0.1) is 6.92 Å². The Hall–Kier alpha value is -0.970. The number of aryl methyl sites for hydroxylation is 1. The van der Waals surface area contributed by atoms with Gasteiger partial charge < -0.3 is 10.2 Å². The van der Waals surface area contributed by atoms with Crippen LogP contribution in [0.5, 0.6) is 0 Å². The van der Waals surface area contributed by atoms with E-state index in [1.165, 1.54) is 0 Å². The molecular weight excluding hydrogens is 256 g/mol. The van der Waals surface area contributed by atoms with Crippen molar-refractivity contribution in [2.45, 2.75) is 40.2 Å². The summed E-state index contributed by atoms with van der Waals surface area (Å²) in [5.41, 5.74) is 1.13. The molecule has 1 rings (SSSR count). The van der Waals surface area contributed by atoms with E-state index in [4.69, 9.17) is 4.98 Å². The number of aromatic nitrogens is 2. The second-order valence-corrected chi connectivity index (χ2v) is 5.65. The highest BCUT2D eigenvalue weighted by molar-refractivity contribution is 7.98. The molecule has 0 spiro atoms. The maximum atomic E-state index is 4.70. The van der Waals surface area contributed by atoms with Gasteiger partial charge in [-0.25, -0.2) is 9.97 Å². The zero-order valence-electron chi connectivity index (χ0n) is 12.9. The van der Waals surface area contributed by atoms with Gasteiger partial charge in [-0.2, -0.15) is 11.8 Å². The van der Waals surface area contributed by atoms with Crippen molar-refractivity contribution >= 4 is 23.4 Å². The van der Waals surface area contributed by atoms with E-state index in [9.17, 15) is 0 Å². The molecule has 0 amide bonds. The molecule has 1 unspecified atom stereocenters. The van der Waals surface area contributed by atoms with Crippen molar-refractivity contribution in [1.29, 1.82) is 0 Å². The monoisotopic (exact) mass is 282 g/mol. The van der Waals surface area contributed by atoms with Gasteiger partial charge in [-0.15, -0.1) is 0 Å². The maximum absolute atomic E-state index is 4.70. The van der Waals surface area contributed by atoms with Gasteiger partial charge in [0.15, 0.2) is 0 Å². The van der Waals surface area contributed by atoms with Crippen LogP contribution in [0.1, 0.15) is 32.2 Å². The molecule has 0 aromatic carbocycles. The molecule has 0 bridgehead atoms. The molecule has 1 aromatic rings. The summed E-state index contributed by atoms with van der Waals surface area (Å²) in [7, 11) is 2.12. The van der Waals surface area contributed by atoms with Gasteiger partial charge in [0.2, 0.25) is 0 Å². The fourth-order valence-corrected chi connectivity index (χ4v) is 2.66. The standard InChI is InChI=1S/C14H26N4S/c1-7-12-16-13(15-8-2)11(4)14(17-12)18(5)10(3)9-19-6/h10H,7-9H2,1-6H3,(H,15,16,17). The molecule has 0 aliphatic heterocycles. The van der Waals surface area contributed by atoms with Gasteiger partial charge in [0.1, 0.15) is 17.5 Å². The summed E-state index contributed by atoms with van der Waals surface area (Å²) >= 11 is 1.86. The first-order valence-corrected chi connectivity index (χ1v) is 8.27. The van der Waals surface area contributed by atoms with Gasteiger partial charge in [-0.05, 0) is 27.0 Å². The number of hydrogen-bond donors (Lipinski definition) is 1. The van der Waals surface area contributed by atoms with E-state index in [1.54, 1.807) is 0 Å². The normalized spacial score (nSPS) is 12.3. The van der Waals surface area contributed by atoms with E-state index >= 15 is 0 Å². The molecule has 4 nitrogen and oxygen atoms in total. The summed E-state index contributed by atoms with van der Waals surface area (Å²) in [6.07, 6.45) is 3.00. The zero-order valence-corrected chi connectivity index (χ0v) is 13.8. The Kier molecular flexibility index (Phi) is 6.42. The third-order valence-corrected chi connectivity index (χ3v) is 4.05. The third kappa shape index (κ3) is 4.00. The Morgan fingerprint density at radius 3 is 2.53 bits per heavy atom. The fourth-order valence-electron chi connectivity index (χ4n) is 1.95. The van der Waals surface area contributed by atoms with Crippen LogP contribution in [0.25, 0.3) is 0 Å². The van der Waals surface area contributed by atoms with E-state index in [-0.39, 0.29) is 0 Å². The lowest BCUT2D eigenvalue weighted by Gasteiger charge is -2.28. The van der Waals surface area contributed by atoms with Crippen LogP contribution >= 0.6 is 11.8 Å². The molecule has 0 saturated heterocycles. The first-order chi connectivity index (χ1) is 9.04. The Bertz CT molecular complexity index is 409. The van der Waals surface area contributed by atoms with Crippen molar-refractivity contribution in [3.63, 3.8) is 0 Å². The lowest BCUT2D eigenvalue weighted by atomic mass is 10.2. The van der Waals surface area contributed by atoms with Crippen molar-refractivity contribution in [1.82, 2.24) is 9.97 Å². The van der Waals surface area contributed by atoms with E-state index in [2.05, 4.69) is 56.2 Å². The fraction of sp³-hybridized carbons (Fsp3) is 0.714. The SMILES string of the molecule is CCNc1nc(CC)nc(N(C)C(C)CSC)c1C. The number of hydrogen-bond acceptors (Lipinski definition) is 5. The molecule has 19 heavy (non-hydrogen) atoms. The third-order valence-electron chi connectivity index (χ3n) is 3.23. The Labute approximate surface area is 121 Å². The molecule has 0 saturated carbocycles. The molecule has 1 atom stereocenters. The summed E-state index contributed by atoms with van der Waals surface area (Å²) in [5.74, 6) is 4.01. The highest BCUT2D eigenvalue weighted by Gasteiger charge is 2.17. The van der Waals surface area contributed by atoms with Crippen LogP contribution in [0.2, 0.25) is 0 Å². The zero-order chi connectivity index (χ0) is 14.4. The molecular formula is C14H26N4S. The summed E-state index contributed by atoms with van der Waals surface area (Å²) in [6, 6.07) is 0.461. The number of rotatable bonds is 7. The van der Waals surface area contributed by atoms with E-state index in [0.717, 1.165) is 41.7 Å². The predicted octanol–water partition coefficient (Wildman–Crippen LogP) is 2.97. The summed E-state index contributed by atoms with van der Waals surface area (Å²) in [6.45, 7) is 9.39. The lowest BCUT2D eigenvalue weighted by molar-refractivity contribution is 0.741. The summed E-state index contributed by atoms with van der Waals surface area (Å²) < 4.78 is 0. The van der Waals surface area contributed by atoms with E-state index in [0.29, 0.717) is 6.04 Å². The molecule has 5 heteroatoms. The van der Waals surface area contributed by atoms with Crippen LogP contribution in [-0.4, -0.2) is 41.6 Å². The molecule has 0 aliphatic carbocycles. The van der Waals surface area contributed by atoms with Crippen LogP contribution in [0.4, 0.5) is 11.6 Å². The first-order valence-electron chi connectivity index (χ1n) is 6.88. The maximum Gasteiger partial charge on any atom is 0.137 e. The molecule has 1 heterocycles. The first kappa shape index (κ1) is 16.1. The molecule has 0 fully saturated rings. The van der Waals surface area contributed by atoms with Crippen molar-refractivity contribution in [3.05, 3.63) is 11.4 Å². The second-order valence-electron chi connectivity index (χ2n) is 4.74. The van der Waals surface area contributed by atoms with Crippen LogP contribution in [0.3, 0.4) is 0 Å². The number of nitrogens with zero attached hydrogens (tertiary/aromatic N) is 3. The van der Waals surface area contributed by atoms with Crippen molar-refractivity contribution < 1.29 is 0 Å². The molecule has 1 aromatic heterocycles. The minimum atomic E-state index is 0.461. The average molecular weight is 282 g/mol. The summed E-state index contributed by atoms with van der Waals surface area (Å²) in [5, 5.41) is 3.33. The van der Waals surface area contributed by atoms with Crippen molar-refractivity contribution in [2.24, 2.45) is 0 Å². The minimum Gasteiger partial charge on any atom is -0.370 e. The van der Waals surface area contributed by atoms with Gasteiger partial charge >= 0.3 is 0 Å². The molecule has 1 N–H and O–H groups in total. The van der Waals surface area contributed by atoms with Gasteiger partial charge in [-0.3, -0.25) is 0 Å². The largest absolute Gasteiger partial charge is 0.370 e. The van der Waals surface area contributed by atoms with Gasteiger partial charge in [-0.1, -0.05) is 6.92 Å². The predicted molar refractivity (Wildman–Crippen MR) is 86.6 cm³/mol. The smallest absolute Gasteiger partial charge is 0.137 e. The Morgan fingerprint density at radius 2 is 2.00 bits per heavy atom. The van der Waals surface area contributed by atoms with Crippen molar-refractivity contribution in [2.75, 3.05) is 35.8 Å². The highest BCUT2D eigenvalue weighted by Crippen LogP contribution is 2.25. The Balaban J connectivity index is 3.13. The topological polar surface area (TPSA) is 41.1 Å². The van der Waals surface area contributed by atoms with Crippen LogP contribution in [-0.2, 0) is 6.42 Å². The van der Waals surface area contributed by atoms with Crippen LogP contribution < -0.4 is 10.2 Å². The Morgan fingerprint density at radius 1 is 1.32 bits per heavy atom. The van der Waals surface area contributed by atoms with Crippen LogP contribution in [0.15, 0.2) is 0 Å². The lowest BCUT2D eigenvalue weighted by Crippen LogP contribution is -2.32. The highest BCUT2D eigenvalue weighted by atomic mass is 32.2. The number of anilines is 2. The number of nitrogens with one attached hydrogen (secondary N) is 1. The quantitative estimate of drug-likeness (QED) is 0.832. The average Bonchev–Trinajstić information content (AvgIpc) is 2.40. The van der Waals surface area contributed by atoms with Crippen molar-refractivity contribution in [3.8, 4) is 0 Å². The second kappa shape index (κ2) is 7.58. The van der Waals surface area contributed by atoms with Gasteiger partial charge in [0.05, 0.1) is 0 Å². The van der Waals surface area contributed by atoms with E-state index < -0.39 is 0 Å². The van der Waals surface area contributed by atoms with E-state index in [1.807, 2.05) is 11.8 Å². The van der Waals surface area contributed by atoms with Gasteiger partial charge in [0, 0.05) is 37.4 Å². The molecule has 0 radical (unpaired) electrons. The van der Waals surface area contributed by atoms with Gasteiger partial charge in [0.25, 0.3) is 0 Å².